The zero-order valence-corrected chi connectivity index (χ0v) is 17.4. The highest BCUT2D eigenvalue weighted by molar-refractivity contribution is 6.02. The molecule has 3 aromatic rings. The number of phenols is 1. The Morgan fingerprint density at radius 1 is 1.19 bits per heavy atom. The Morgan fingerprint density at radius 2 is 2.00 bits per heavy atom. The molecule has 1 aliphatic heterocycles. The number of anilines is 1. The number of nitrogens with zero attached hydrogens (tertiary/aromatic N) is 4. The standard InChI is InChI=1S/C23H25N5O3/c1-16-13-22(26-23(25-16)28-11-5-2-6-12-28)31-15-21(30)27-24-14-19-18-8-4-3-7-17(18)9-10-20(19)29/h3-4,7-10,13-14,29H,2,5-6,11-12,15H2,1H3,(H,27,30). The van der Waals surface area contributed by atoms with E-state index in [0.29, 0.717) is 17.4 Å². The van der Waals surface area contributed by atoms with Crippen LogP contribution in [0.25, 0.3) is 10.8 Å². The summed E-state index contributed by atoms with van der Waals surface area (Å²) in [4.78, 5) is 23.2. The molecule has 160 valence electrons. The largest absolute Gasteiger partial charge is 0.507 e. The molecule has 2 heterocycles. The summed E-state index contributed by atoms with van der Waals surface area (Å²) in [5.41, 5.74) is 3.75. The third-order valence-corrected chi connectivity index (χ3v) is 5.14. The van der Waals surface area contributed by atoms with Gasteiger partial charge in [-0.2, -0.15) is 10.1 Å². The van der Waals surface area contributed by atoms with Crippen molar-refractivity contribution < 1.29 is 14.6 Å². The van der Waals surface area contributed by atoms with Gasteiger partial charge in [-0.25, -0.2) is 10.4 Å². The maximum atomic E-state index is 12.2. The fraction of sp³-hybridized carbons (Fsp3) is 0.304. The van der Waals surface area contributed by atoms with Gasteiger partial charge in [0, 0.05) is 30.4 Å². The van der Waals surface area contributed by atoms with Gasteiger partial charge in [-0.15, -0.1) is 0 Å². The van der Waals surface area contributed by atoms with Gasteiger partial charge in [-0.3, -0.25) is 4.79 Å². The number of aryl methyl sites for hydroxylation is 1. The lowest BCUT2D eigenvalue weighted by molar-refractivity contribution is -0.123. The molecule has 0 bridgehead atoms. The second-order valence-electron chi connectivity index (χ2n) is 7.50. The van der Waals surface area contributed by atoms with E-state index in [-0.39, 0.29) is 12.4 Å². The Kier molecular flexibility index (Phi) is 6.26. The first-order chi connectivity index (χ1) is 15.1. The zero-order chi connectivity index (χ0) is 21.6. The lowest BCUT2D eigenvalue weighted by Crippen LogP contribution is -2.31. The van der Waals surface area contributed by atoms with Crippen molar-refractivity contribution in [3.8, 4) is 11.6 Å². The van der Waals surface area contributed by atoms with Gasteiger partial charge in [0.2, 0.25) is 11.8 Å². The summed E-state index contributed by atoms with van der Waals surface area (Å²) in [5.74, 6) is 0.667. The van der Waals surface area contributed by atoms with Crippen molar-refractivity contribution in [1.29, 1.82) is 0 Å². The highest BCUT2D eigenvalue weighted by atomic mass is 16.5. The number of piperidine rings is 1. The van der Waals surface area contributed by atoms with Crippen LogP contribution in [-0.2, 0) is 4.79 Å². The van der Waals surface area contributed by atoms with Gasteiger partial charge in [0.05, 0.1) is 6.21 Å². The average molecular weight is 419 g/mol. The van der Waals surface area contributed by atoms with Gasteiger partial charge < -0.3 is 14.7 Å². The second kappa shape index (κ2) is 9.42. The molecule has 1 saturated heterocycles. The Labute approximate surface area is 180 Å². The Balaban J connectivity index is 1.37. The van der Waals surface area contributed by atoms with E-state index in [2.05, 4.69) is 25.4 Å². The van der Waals surface area contributed by atoms with Crippen molar-refractivity contribution in [2.24, 2.45) is 5.10 Å². The zero-order valence-electron chi connectivity index (χ0n) is 17.4. The van der Waals surface area contributed by atoms with Crippen LogP contribution < -0.4 is 15.1 Å². The van der Waals surface area contributed by atoms with Crippen molar-refractivity contribution >= 4 is 28.8 Å². The number of hydrazone groups is 1. The number of nitrogens with one attached hydrogen (secondary N) is 1. The van der Waals surface area contributed by atoms with E-state index < -0.39 is 5.91 Å². The number of aromatic hydroxyl groups is 1. The van der Waals surface area contributed by atoms with Crippen LogP contribution in [0, 0.1) is 6.92 Å². The second-order valence-corrected chi connectivity index (χ2v) is 7.50. The quantitative estimate of drug-likeness (QED) is 0.470. The van der Waals surface area contributed by atoms with Crippen molar-refractivity contribution in [1.82, 2.24) is 15.4 Å². The lowest BCUT2D eigenvalue weighted by Gasteiger charge is -2.26. The van der Waals surface area contributed by atoms with Gasteiger partial charge in [-0.1, -0.05) is 30.3 Å². The molecular formula is C23H25N5O3. The lowest BCUT2D eigenvalue weighted by atomic mass is 10.0. The molecule has 4 rings (SSSR count). The number of benzene rings is 2. The molecule has 0 spiro atoms. The number of aromatic nitrogens is 2. The highest BCUT2D eigenvalue weighted by Gasteiger charge is 2.15. The third-order valence-electron chi connectivity index (χ3n) is 5.14. The Hall–Kier alpha value is -3.68. The van der Waals surface area contributed by atoms with E-state index in [4.69, 9.17) is 4.74 Å². The molecule has 2 N–H and O–H groups in total. The summed E-state index contributed by atoms with van der Waals surface area (Å²) in [5, 5.41) is 15.9. The number of fused-ring (bicyclic) bond motifs is 1. The van der Waals surface area contributed by atoms with Gasteiger partial charge in [-0.05, 0) is 43.0 Å². The minimum absolute atomic E-state index is 0.0923. The summed E-state index contributed by atoms with van der Waals surface area (Å²) in [6.07, 6.45) is 4.90. The molecule has 1 aromatic heterocycles. The number of ether oxygens (including phenoxy) is 1. The van der Waals surface area contributed by atoms with Gasteiger partial charge >= 0.3 is 0 Å². The minimum Gasteiger partial charge on any atom is -0.507 e. The fourth-order valence-corrected chi connectivity index (χ4v) is 3.59. The predicted octanol–water partition coefficient (Wildman–Crippen LogP) is 3.16. The van der Waals surface area contributed by atoms with E-state index in [9.17, 15) is 9.90 Å². The van der Waals surface area contributed by atoms with Crippen LogP contribution in [0.15, 0.2) is 47.6 Å². The number of hydrogen-bond acceptors (Lipinski definition) is 7. The van der Waals surface area contributed by atoms with E-state index in [0.717, 1.165) is 42.4 Å². The van der Waals surface area contributed by atoms with Gasteiger partial charge in [0.25, 0.3) is 5.91 Å². The molecular weight excluding hydrogens is 394 g/mol. The number of carbonyl (C=O) groups is 1. The Morgan fingerprint density at radius 3 is 2.84 bits per heavy atom. The van der Waals surface area contributed by atoms with Crippen LogP contribution in [0.4, 0.5) is 5.95 Å². The number of rotatable bonds is 6. The van der Waals surface area contributed by atoms with Crippen LogP contribution in [0.3, 0.4) is 0 Å². The maximum Gasteiger partial charge on any atom is 0.278 e. The molecule has 1 amide bonds. The molecule has 0 radical (unpaired) electrons. The molecule has 8 heteroatoms. The first-order valence-electron chi connectivity index (χ1n) is 10.4. The van der Waals surface area contributed by atoms with Crippen LogP contribution >= 0.6 is 0 Å². The topological polar surface area (TPSA) is 99.9 Å². The van der Waals surface area contributed by atoms with Crippen molar-refractivity contribution in [3.63, 3.8) is 0 Å². The monoisotopic (exact) mass is 419 g/mol. The van der Waals surface area contributed by atoms with E-state index in [1.165, 1.54) is 12.6 Å². The van der Waals surface area contributed by atoms with Crippen molar-refractivity contribution in [3.05, 3.63) is 53.7 Å². The van der Waals surface area contributed by atoms with E-state index in [1.54, 1.807) is 12.1 Å². The summed E-state index contributed by atoms with van der Waals surface area (Å²) < 4.78 is 5.56. The number of phenolic OH excluding ortho intramolecular Hbond substituents is 1. The molecule has 0 atom stereocenters. The molecule has 0 aliphatic carbocycles. The molecule has 8 nitrogen and oxygen atoms in total. The molecule has 0 saturated carbocycles. The molecule has 31 heavy (non-hydrogen) atoms. The van der Waals surface area contributed by atoms with Gasteiger partial charge in [0.15, 0.2) is 6.61 Å². The summed E-state index contributed by atoms with van der Waals surface area (Å²) >= 11 is 0. The SMILES string of the molecule is Cc1cc(OCC(=O)NN=Cc2c(O)ccc3ccccc23)nc(N2CCCCC2)n1. The van der Waals surface area contributed by atoms with Crippen LogP contribution in [-0.4, -0.2) is 46.9 Å². The predicted molar refractivity (Wildman–Crippen MR) is 120 cm³/mol. The molecule has 2 aromatic carbocycles. The Bertz CT molecular complexity index is 1110. The molecule has 1 aliphatic rings. The molecule has 0 unspecified atom stereocenters. The van der Waals surface area contributed by atoms with Gasteiger partial charge in [0.1, 0.15) is 5.75 Å². The minimum atomic E-state index is -0.424. The third kappa shape index (κ3) is 5.09. The van der Waals surface area contributed by atoms with Crippen LogP contribution in [0.2, 0.25) is 0 Å². The first-order valence-corrected chi connectivity index (χ1v) is 10.4. The normalized spacial score (nSPS) is 14.2. The van der Waals surface area contributed by atoms with Crippen LogP contribution in [0.1, 0.15) is 30.5 Å². The van der Waals surface area contributed by atoms with Crippen molar-refractivity contribution in [2.45, 2.75) is 26.2 Å². The smallest absolute Gasteiger partial charge is 0.278 e. The van der Waals surface area contributed by atoms with Crippen LogP contribution in [0.5, 0.6) is 11.6 Å². The van der Waals surface area contributed by atoms with E-state index in [1.807, 2.05) is 37.3 Å². The maximum absolute atomic E-state index is 12.2. The molecule has 1 fully saturated rings. The summed E-state index contributed by atoms with van der Waals surface area (Å²) in [7, 11) is 0. The average Bonchev–Trinajstić information content (AvgIpc) is 2.79. The number of hydrogen-bond donors (Lipinski definition) is 2. The first kappa shape index (κ1) is 20.6. The van der Waals surface area contributed by atoms with E-state index >= 15 is 0 Å². The fourth-order valence-electron chi connectivity index (χ4n) is 3.59. The number of carbonyl (C=O) groups excluding carboxylic acids is 1. The van der Waals surface area contributed by atoms with Crippen molar-refractivity contribution in [2.75, 3.05) is 24.6 Å². The summed E-state index contributed by atoms with van der Waals surface area (Å²) in [6, 6.07) is 12.8. The summed E-state index contributed by atoms with van der Waals surface area (Å²) in [6.45, 7) is 3.51. The number of amides is 1. The highest BCUT2D eigenvalue weighted by Crippen LogP contribution is 2.25.